The van der Waals surface area contributed by atoms with E-state index in [1.165, 1.54) is 13.2 Å². The number of phenolic OH excluding ortho intramolecular Hbond substituents is 1. The Balaban J connectivity index is 2.26. The number of benzene rings is 1. The molecule has 4 nitrogen and oxygen atoms in total. The molecule has 4 heteroatoms. The zero-order valence-corrected chi connectivity index (χ0v) is 7.69. The van der Waals surface area contributed by atoms with Gasteiger partial charge in [-0.05, 0) is 6.07 Å². The smallest absolute Gasteiger partial charge is 0.347 e. The Morgan fingerprint density at radius 1 is 1.64 bits per heavy atom. The van der Waals surface area contributed by atoms with Crippen LogP contribution in [-0.2, 0) is 16.0 Å². The molecule has 1 aromatic rings. The highest BCUT2D eigenvalue weighted by atomic mass is 16.6. The summed E-state index contributed by atoms with van der Waals surface area (Å²) in [5.74, 6) is 0.0393. The number of aromatic hydroxyl groups is 1. The van der Waals surface area contributed by atoms with Crippen LogP contribution in [-0.4, -0.2) is 24.3 Å². The lowest BCUT2D eigenvalue weighted by Crippen LogP contribution is -2.26. The van der Waals surface area contributed by atoms with Crippen LogP contribution in [0.3, 0.4) is 0 Å². The van der Waals surface area contributed by atoms with Crippen LogP contribution < -0.4 is 4.74 Å². The number of rotatable bonds is 1. The van der Waals surface area contributed by atoms with E-state index < -0.39 is 12.1 Å². The van der Waals surface area contributed by atoms with Crippen molar-refractivity contribution in [2.45, 2.75) is 12.5 Å². The number of hydrogen-bond donors (Lipinski definition) is 1. The Morgan fingerprint density at radius 2 is 2.43 bits per heavy atom. The zero-order chi connectivity index (χ0) is 10.1. The van der Waals surface area contributed by atoms with Crippen LogP contribution in [0.15, 0.2) is 18.2 Å². The molecule has 1 aliphatic heterocycles. The van der Waals surface area contributed by atoms with E-state index in [0.29, 0.717) is 12.2 Å². The predicted octanol–water partition coefficient (Wildman–Crippen LogP) is 0.869. The molecule has 0 aliphatic carbocycles. The third kappa shape index (κ3) is 1.28. The maximum Gasteiger partial charge on any atom is 0.347 e. The van der Waals surface area contributed by atoms with Crippen molar-refractivity contribution in [2.24, 2.45) is 0 Å². The monoisotopic (exact) mass is 194 g/mol. The van der Waals surface area contributed by atoms with Crippen molar-refractivity contribution in [3.8, 4) is 11.5 Å². The van der Waals surface area contributed by atoms with Crippen LogP contribution in [0, 0.1) is 0 Å². The number of carbonyl (C=O) groups is 1. The lowest BCUT2D eigenvalue weighted by Gasteiger charge is -2.07. The topological polar surface area (TPSA) is 55.8 Å². The molecule has 1 unspecified atom stereocenters. The largest absolute Gasteiger partial charge is 0.504 e. The molecule has 74 valence electrons. The van der Waals surface area contributed by atoms with Gasteiger partial charge < -0.3 is 14.6 Å². The van der Waals surface area contributed by atoms with Gasteiger partial charge in [0.25, 0.3) is 0 Å². The Kier molecular flexibility index (Phi) is 2.04. The van der Waals surface area contributed by atoms with Gasteiger partial charge in [0, 0.05) is 12.0 Å². The molecule has 0 bridgehead atoms. The molecule has 0 saturated carbocycles. The normalized spacial score (nSPS) is 18.5. The fourth-order valence-corrected chi connectivity index (χ4v) is 1.51. The maximum absolute atomic E-state index is 11.2. The number of para-hydroxylation sites is 1. The first-order valence-electron chi connectivity index (χ1n) is 4.27. The van der Waals surface area contributed by atoms with Crippen molar-refractivity contribution >= 4 is 5.97 Å². The number of esters is 1. The fraction of sp³-hybridized carbons (Fsp3) is 0.300. The van der Waals surface area contributed by atoms with Gasteiger partial charge in [-0.3, -0.25) is 0 Å². The molecule has 2 rings (SSSR count). The van der Waals surface area contributed by atoms with Crippen molar-refractivity contribution in [1.82, 2.24) is 0 Å². The molecular weight excluding hydrogens is 184 g/mol. The van der Waals surface area contributed by atoms with E-state index in [4.69, 9.17) is 4.74 Å². The minimum atomic E-state index is -0.622. The summed E-state index contributed by atoms with van der Waals surface area (Å²) in [4.78, 5) is 11.2. The first-order chi connectivity index (χ1) is 6.72. The van der Waals surface area contributed by atoms with Crippen molar-refractivity contribution in [1.29, 1.82) is 0 Å². The third-order valence-corrected chi connectivity index (χ3v) is 2.21. The van der Waals surface area contributed by atoms with Crippen LogP contribution in [0.4, 0.5) is 0 Å². The van der Waals surface area contributed by atoms with Gasteiger partial charge >= 0.3 is 5.97 Å². The van der Waals surface area contributed by atoms with Crippen LogP contribution in [0.2, 0.25) is 0 Å². The summed E-state index contributed by atoms with van der Waals surface area (Å²) in [6.45, 7) is 0. The van der Waals surface area contributed by atoms with Gasteiger partial charge in [-0.1, -0.05) is 12.1 Å². The average molecular weight is 194 g/mol. The quantitative estimate of drug-likeness (QED) is 0.674. The fourth-order valence-electron chi connectivity index (χ4n) is 1.51. The van der Waals surface area contributed by atoms with Crippen LogP contribution in [0.1, 0.15) is 5.56 Å². The molecule has 14 heavy (non-hydrogen) atoms. The van der Waals surface area contributed by atoms with Gasteiger partial charge in [0.1, 0.15) is 0 Å². The Bertz CT molecular complexity index is 372. The molecule has 1 N–H and O–H groups in total. The van der Waals surface area contributed by atoms with Gasteiger partial charge in [-0.25, -0.2) is 4.79 Å². The van der Waals surface area contributed by atoms with Crippen molar-refractivity contribution < 1.29 is 19.4 Å². The number of phenols is 1. The second-order valence-electron chi connectivity index (χ2n) is 3.10. The number of hydrogen-bond acceptors (Lipinski definition) is 4. The van der Waals surface area contributed by atoms with E-state index in [1.54, 1.807) is 6.07 Å². The van der Waals surface area contributed by atoms with Crippen LogP contribution in [0.5, 0.6) is 11.5 Å². The second-order valence-corrected chi connectivity index (χ2v) is 3.10. The summed E-state index contributed by atoms with van der Waals surface area (Å²) in [5, 5.41) is 9.43. The van der Waals surface area contributed by atoms with E-state index >= 15 is 0 Å². The molecule has 0 aromatic heterocycles. The minimum absolute atomic E-state index is 0.0638. The van der Waals surface area contributed by atoms with Crippen molar-refractivity contribution in [3.63, 3.8) is 0 Å². The molecule has 1 aliphatic rings. The van der Waals surface area contributed by atoms with E-state index in [0.717, 1.165) is 5.56 Å². The van der Waals surface area contributed by atoms with Crippen molar-refractivity contribution in [2.75, 3.05) is 7.11 Å². The minimum Gasteiger partial charge on any atom is -0.504 e. The Labute approximate surface area is 81.1 Å². The predicted molar refractivity (Wildman–Crippen MR) is 48.2 cm³/mol. The molecule has 1 heterocycles. The maximum atomic E-state index is 11.2. The van der Waals surface area contributed by atoms with Gasteiger partial charge in [0.05, 0.1) is 7.11 Å². The SMILES string of the molecule is COC(=O)C1Cc2cccc(O)c2O1. The highest BCUT2D eigenvalue weighted by Crippen LogP contribution is 2.36. The zero-order valence-electron chi connectivity index (χ0n) is 7.69. The van der Waals surface area contributed by atoms with E-state index in [9.17, 15) is 9.90 Å². The average Bonchev–Trinajstić information content (AvgIpc) is 2.62. The van der Waals surface area contributed by atoms with E-state index in [-0.39, 0.29) is 5.75 Å². The van der Waals surface area contributed by atoms with Crippen molar-refractivity contribution in [3.05, 3.63) is 23.8 Å². The second kappa shape index (κ2) is 3.21. The summed E-state index contributed by atoms with van der Waals surface area (Å²) in [6.07, 6.45) is -0.167. The van der Waals surface area contributed by atoms with Crippen LogP contribution in [0.25, 0.3) is 0 Å². The number of methoxy groups -OCH3 is 1. The van der Waals surface area contributed by atoms with Gasteiger partial charge in [0.15, 0.2) is 17.6 Å². The number of fused-ring (bicyclic) bond motifs is 1. The summed E-state index contributed by atoms with van der Waals surface area (Å²) < 4.78 is 9.83. The molecule has 1 aromatic carbocycles. The molecular formula is C10H10O4. The number of ether oxygens (including phenoxy) is 2. The summed E-state index contributed by atoms with van der Waals surface area (Å²) in [7, 11) is 1.31. The highest BCUT2D eigenvalue weighted by Gasteiger charge is 2.31. The Hall–Kier alpha value is -1.71. The van der Waals surface area contributed by atoms with Gasteiger partial charge in [-0.2, -0.15) is 0 Å². The summed E-state index contributed by atoms with van der Waals surface area (Å²) >= 11 is 0. The van der Waals surface area contributed by atoms with Gasteiger partial charge in [0.2, 0.25) is 0 Å². The lowest BCUT2D eigenvalue weighted by molar-refractivity contribution is -0.147. The molecule has 1 atom stereocenters. The van der Waals surface area contributed by atoms with Crippen LogP contribution >= 0.6 is 0 Å². The standard InChI is InChI=1S/C10H10O4/c1-13-10(12)8-5-6-3-2-4-7(11)9(6)14-8/h2-4,8,11H,5H2,1H3. The molecule has 0 saturated heterocycles. The molecule has 0 fully saturated rings. The van der Waals surface area contributed by atoms with Gasteiger partial charge in [-0.15, -0.1) is 0 Å². The first kappa shape index (κ1) is 8.87. The third-order valence-electron chi connectivity index (χ3n) is 2.21. The van der Waals surface area contributed by atoms with E-state index in [1.807, 2.05) is 6.07 Å². The first-order valence-corrected chi connectivity index (χ1v) is 4.27. The summed E-state index contributed by atoms with van der Waals surface area (Å²) in [6, 6.07) is 5.06. The molecule has 0 radical (unpaired) electrons. The highest BCUT2D eigenvalue weighted by molar-refractivity contribution is 5.77. The Morgan fingerprint density at radius 3 is 3.07 bits per heavy atom. The molecule has 0 amide bonds. The number of carbonyl (C=O) groups excluding carboxylic acids is 1. The van der Waals surface area contributed by atoms with E-state index in [2.05, 4.69) is 4.74 Å². The molecule has 0 spiro atoms. The lowest BCUT2D eigenvalue weighted by atomic mass is 10.1. The summed E-state index contributed by atoms with van der Waals surface area (Å²) in [5.41, 5.74) is 0.834.